The predicted octanol–water partition coefficient (Wildman–Crippen LogP) is 2.49. The molecule has 0 N–H and O–H groups in total. The van der Waals surface area contributed by atoms with Gasteiger partial charge in [-0.2, -0.15) is 0 Å². The van der Waals surface area contributed by atoms with Gasteiger partial charge < -0.3 is 14.2 Å². The topological polar surface area (TPSA) is 75.9 Å². The van der Waals surface area contributed by atoms with Gasteiger partial charge in [0.15, 0.2) is 5.69 Å². The number of amides is 2. The van der Waals surface area contributed by atoms with E-state index in [1.165, 1.54) is 17.0 Å². The van der Waals surface area contributed by atoms with Gasteiger partial charge in [0.25, 0.3) is 5.91 Å². The maximum absolute atomic E-state index is 13.8. The lowest BCUT2D eigenvalue weighted by Gasteiger charge is -2.32. The second kappa shape index (κ2) is 5.87. The van der Waals surface area contributed by atoms with Crippen molar-refractivity contribution in [2.45, 2.75) is 25.9 Å². The monoisotopic (exact) mass is 345 g/mol. The summed E-state index contributed by atoms with van der Waals surface area (Å²) in [6.07, 6.45) is 0.0494. The molecule has 0 bridgehead atoms. The number of fused-ring (bicyclic) bond motifs is 3. The van der Waals surface area contributed by atoms with Crippen molar-refractivity contribution in [2.75, 3.05) is 18.1 Å². The smallest absolute Gasteiger partial charge is 0.414 e. The predicted molar refractivity (Wildman–Crippen MR) is 84.6 cm³/mol. The molecule has 2 amide bonds. The van der Waals surface area contributed by atoms with Gasteiger partial charge in [-0.1, -0.05) is 11.2 Å². The van der Waals surface area contributed by atoms with E-state index in [4.69, 9.17) is 9.26 Å². The number of cyclic esters (lactones) is 1. The SMILES string of the molecule is Cc1cc(C(=O)N2CC[C@H]3COC(=O)N3c3cc(F)ccc3C2)no1. The Kier molecular flexibility index (Phi) is 3.67. The summed E-state index contributed by atoms with van der Waals surface area (Å²) >= 11 is 0. The number of halogens is 1. The molecule has 2 aromatic rings. The molecule has 0 radical (unpaired) electrons. The molecule has 0 aliphatic carbocycles. The summed E-state index contributed by atoms with van der Waals surface area (Å²) in [6, 6.07) is 5.57. The van der Waals surface area contributed by atoms with Crippen LogP contribution in [0.15, 0.2) is 28.8 Å². The van der Waals surface area contributed by atoms with Crippen molar-refractivity contribution in [3.63, 3.8) is 0 Å². The molecule has 4 rings (SSSR count). The second-order valence-corrected chi connectivity index (χ2v) is 6.21. The molecule has 0 spiro atoms. The summed E-state index contributed by atoms with van der Waals surface area (Å²) < 4.78 is 23.9. The molecule has 1 aromatic carbocycles. The van der Waals surface area contributed by atoms with Crippen molar-refractivity contribution in [2.24, 2.45) is 0 Å². The number of anilines is 1. The van der Waals surface area contributed by atoms with E-state index in [0.29, 0.717) is 30.0 Å². The summed E-state index contributed by atoms with van der Waals surface area (Å²) in [4.78, 5) is 27.9. The average molecular weight is 345 g/mol. The third-order valence-electron chi connectivity index (χ3n) is 4.50. The molecule has 0 saturated carbocycles. The number of carbonyl (C=O) groups is 2. The molecule has 1 saturated heterocycles. The molecule has 130 valence electrons. The highest BCUT2D eigenvalue weighted by atomic mass is 19.1. The van der Waals surface area contributed by atoms with Crippen molar-refractivity contribution in [1.82, 2.24) is 10.1 Å². The summed E-state index contributed by atoms with van der Waals surface area (Å²) in [5.41, 5.74) is 1.36. The number of benzene rings is 1. The van der Waals surface area contributed by atoms with Gasteiger partial charge >= 0.3 is 6.09 Å². The molecule has 1 atom stereocenters. The van der Waals surface area contributed by atoms with Crippen molar-refractivity contribution >= 4 is 17.7 Å². The number of rotatable bonds is 1. The first-order chi connectivity index (χ1) is 12.0. The molecular weight excluding hydrogens is 329 g/mol. The van der Waals surface area contributed by atoms with Crippen molar-refractivity contribution in [3.8, 4) is 0 Å². The third-order valence-corrected chi connectivity index (χ3v) is 4.50. The van der Waals surface area contributed by atoms with Crippen LogP contribution in [0.3, 0.4) is 0 Å². The Bertz CT molecular complexity index is 850. The van der Waals surface area contributed by atoms with Crippen LogP contribution >= 0.6 is 0 Å². The number of hydrogen-bond donors (Lipinski definition) is 0. The van der Waals surface area contributed by atoms with Gasteiger partial charge in [-0.3, -0.25) is 9.69 Å². The van der Waals surface area contributed by atoms with E-state index in [1.54, 1.807) is 24.0 Å². The molecule has 1 fully saturated rings. The molecular formula is C17H16FN3O4. The van der Waals surface area contributed by atoms with Crippen LogP contribution in [-0.2, 0) is 11.3 Å². The van der Waals surface area contributed by atoms with E-state index < -0.39 is 11.9 Å². The van der Waals surface area contributed by atoms with Gasteiger partial charge in [-0.15, -0.1) is 0 Å². The Hall–Kier alpha value is -2.90. The van der Waals surface area contributed by atoms with Gasteiger partial charge in [-0.25, -0.2) is 9.18 Å². The van der Waals surface area contributed by atoms with E-state index in [2.05, 4.69) is 5.16 Å². The van der Waals surface area contributed by atoms with E-state index in [0.717, 1.165) is 0 Å². The van der Waals surface area contributed by atoms with Crippen molar-refractivity contribution in [1.29, 1.82) is 0 Å². The highest BCUT2D eigenvalue weighted by Gasteiger charge is 2.38. The Morgan fingerprint density at radius 2 is 2.20 bits per heavy atom. The molecule has 25 heavy (non-hydrogen) atoms. The maximum atomic E-state index is 13.8. The highest BCUT2D eigenvalue weighted by molar-refractivity contribution is 5.94. The fraction of sp³-hybridized carbons (Fsp3) is 0.353. The zero-order chi connectivity index (χ0) is 17.6. The second-order valence-electron chi connectivity index (χ2n) is 6.21. The van der Waals surface area contributed by atoms with Gasteiger partial charge in [0.2, 0.25) is 0 Å². The maximum Gasteiger partial charge on any atom is 0.414 e. The minimum absolute atomic E-state index is 0.222. The summed E-state index contributed by atoms with van der Waals surface area (Å²) in [5, 5.41) is 3.78. The molecule has 2 aliphatic rings. The average Bonchev–Trinajstić information content (AvgIpc) is 3.16. The Balaban J connectivity index is 1.71. The molecule has 2 aliphatic heterocycles. The van der Waals surface area contributed by atoms with Gasteiger partial charge in [0.1, 0.15) is 18.2 Å². The lowest BCUT2D eigenvalue weighted by atomic mass is 10.0. The summed E-state index contributed by atoms with van der Waals surface area (Å²) in [5.74, 6) is -0.146. The minimum Gasteiger partial charge on any atom is -0.447 e. The molecule has 8 heteroatoms. The highest BCUT2D eigenvalue weighted by Crippen LogP contribution is 2.32. The van der Waals surface area contributed by atoms with E-state index >= 15 is 0 Å². The van der Waals surface area contributed by atoms with Gasteiger partial charge in [-0.05, 0) is 31.0 Å². The Morgan fingerprint density at radius 1 is 1.36 bits per heavy atom. The number of carbonyl (C=O) groups excluding carboxylic acids is 2. The van der Waals surface area contributed by atoms with Crippen LogP contribution in [0.4, 0.5) is 14.9 Å². The molecule has 3 heterocycles. The zero-order valence-corrected chi connectivity index (χ0v) is 13.6. The third kappa shape index (κ3) is 2.73. The van der Waals surface area contributed by atoms with Crippen LogP contribution in [-0.4, -0.2) is 41.3 Å². The van der Waals surface area contributed by atoms with Gasteiger partial charge in [0, 0.05) is 19.2 Å². The van der Waals surface area contributed by atoms with E-state index in [-0.39, 0.29) is 30.8 Å². The normalized spacial score (nSPS) is 19.8. The number of nitrogens with zero attached hydrogens (tertiary/aromatic N) is 3. The Morgan fingerprint density at radius 3 is 2.96 bits per heavy atom. The summed E-state index contributed by atoms with van der Waals surface area (Å²) in [6.45, 7) is 2.62. The van der Waals surface area contributed by atoms with E-state index in [1.807, 2.05) is 0 Å². The lowest BCUT2D eigenvalue weighted by Crippen LogP contribution is -2.42. The zero-order valence-electron chi connectivity index (χ0n) is 13.6. The van der Waals surface area contributed by atoms with Crippen LogP contribution in [0.2, 0.25) is 0 Å². The summed E-state index contributed by atoms with van der Waals surface area (Å²) in [7, 11) is 0. The van der Waals surface area contributed by atoms with E-state index in [9.17, 15) is 14.0 Å². The fourth-order valence-electron chi connectivity index (χ4n) is 3.26. The molecule has 7 nitrogen and oxygen atoms in total. The number of hydrogen-bond acceptors (Lipinski definition) is 5. The number of ether oxygens (including phenoxy) is 1. The van der Waals surface area contributed by atoms with Crippen LogP contribution in [0, 0.1) is 12.7 Å². The van der Waals surface area contributed by atoms with Crippen LogP contribution < -0.4 is 4.90 Å². The quantitative estimate of drug-likeness (QED) is 0.794. The number of aromatic nitrogens is 1. The Labute approximate surface area is 142 Å². The lowest BCUT2D eigenvalue weighted by molar-refractivity contribution is 0.0724. The standard InChI is InChI=1S/C17H16FN3O4/c1-10-6-14(19-25-10)16(22)20-5-4-13-9-24-17(23)21(13)15-7-12(18)3-2-11(15)8-20/h2-3,6-7,13H,4-5,8-9H2,1H3/t13-/m0/s1. The molecule has 0 unspecified atom stereocenters. The van der Waals surface area contributed by atoms with Crippen LogP contribution in [0.5, 0.6) is 0 Å². The molecule has 1 aromatic heterocycles. The largest absolute Gasteiger partial charge is 0.447 e. The van der Waals surface area contributed by atoms with Crippen LogP contribution in [0.25, 0.3) is 0 Å². The first-order valence-corrected chi connectivity index (χ1v) is 8.00. The first kappa shape index (κ1) is 15.6. The van der Waals surface area contributed by atoms with Crippen molar-refractivity contribution < 1.29 is 23.2 Å². The van der Waals surface area contributed by atoms with Crippen LogP contribution in [0.1, 0.15) is 28.2 Å². The fourth-order valence-corrected chi connectivity index (χ4v) is 3.26. The van der Waals surface area contributed by atoms with Gasteiger partial charge in [0.05, 0.1) is 11.7 Å². The minimum atomic E-state index is -0.483. The first-order valence-electron chi connectivity index (χ1n) is 8.00. The van der Waals surface area contributed by atoms with Crippen molar-refractivity contribution in [3.05, 3.63) is 47.1 Å². The number of aryl methyl sites for hydroxylation is 1.